The molecule has 0 bridgehead atoms. The van der Waals surface area contributed by atoms with Crippen LogP contribution in [0.25, 0.3) is 0 Å². The van der Waals surface area contributed by atoms with E-state index in [1.807, 2.05) is 0 Å². The summed E-state index contributed by atoms with van der Waals surface area (Å²) in [6.45, 7) is 19.7. The van der Waals surface area contributed by atoms with Gasteiger partial charge in [-0.3, -0.25) is 0 Å². The fourth-order valence-corrected chi connectivity index (χ4v) is 3.01. The molecule has 0 saturated carbocycles. The lowest BCUT2D eigenvalue weighted by molar-refractivity contribution is 0.865. The van der Waals surface area contributed by atoms with Crippen LogP contribution in [0.1, 0.15) is 100 Å². The molecule has 0 aliphatic carbocycles. The lowest BCUT2D eigenvalue weighted by Gasteiger charge is -2.04. The third kappa shape index (κ3) is 11.6. The Labute approximate surface area is 193 Å². The Bertz CT molecular complexity index is 802. The van der Waals surface area contributed by atoms with Crippen LogP contribution in [0.2, 0.25) is 0 Å². The van der Waals surface area contributed by atoms with E-state index in [0.29, 0.717) is 17.8 Å². The number of aryl methyl sites for hydroxylation is 3. The van der Waals surface area contributed by atoms with Crippen molar-refractivity contribution >= 4 is 0 Å². The molecule has 0 heterocycles. The highest BCUT2D eigenvalue weighted by Crippen LogP contribution is 2.15. The fourth-order valence-electron chi connectivity index (χ4n) is 3.01. The van der Waals surface area contributed by atoms with Crippen LogP contribution in [0.5, 0.6) is 0 Å². The van der Waals surface area contributed by atoms with E-state index in [1.54, 1.807) is 0 Å². The molecule has 3 rings (SSSR count). The molecule has 3 aromatic carbocycles. The average Bonchev–Trinajstić information content (AvgIpc) is 2.69. The topological polar surface area (TPSA) is 0 Å². The van der Waals surface area contributed by atoms with E-state index in [1.165, 1.54) is 33.4 Å². The van der Waals surface area contributed by atoms with Crippen LogP contribution in [0.3, 0.4) is 0 Å². The second kappa shape index (κ2) is 14.6. The Kier molecular flexibility index (Phi) is 13.5. The van der Waals surface area contributed by atoms with Crippen molar-refractivity contribution in [2.75, 3.05) is 0 Å². The molecule has 0 unspecified atom stereocenters. The molecule has 0 saturated heterocycles. The van der Waals surface area contributed by atoms with Crippen molar-refractivity contribution in [2.45, 2.75) is 87.5 Å². The maximum atomic E-state index is 2.24. The van der Waals surface area contributed by atoms with Crippen LogP contribution in [0, 0.1) is 20.8 Å². The molecule has 0 nitrogen and oxygen atoms in total. The van der Waals surface area contributed by atoms with E-state index in [9.17, 15) is 0 Å². The Balaban J connectivity index is 0.000000429. The van der Waals surface area contributed by atoms with Crippen molar-refractivity contribution < 1.29 is 0 Å². The van der Waals surface area contributed by atoms with Crippen LogP contribution in [0.15, 0.2) is 72.8 Å². The summed E-state index contributed by atoms with van der Waals surface area (Å²) in [5.41, 5.74) is 8.33. The van der Waals surface area contributed by atoms with Gasteiger partial charge >= 0.3 is 0 Å². The number of hydrogen-bond donors (Lipinski definition) is 0. The first kappa shape index (κ1) is 28.7. The number of rotatable bonds is 3. The van der Waals surface area contributed by atoms with Gasteiger partial charge in [0.15, 0.2) is 0 Å². The summed E-state index contributed by atoms with van der Waals surface area (Å²) < 4.78 is 0. The van der Waals surface area contributed by atoms with Crippen molar-refractivity contribution in [1.82, 2.24) is 0 Å². The molecule has 3 aromatic rings. The van der Waals surface area contributed by atoms with E-state index in [-0.39, 0.29) is 7.43 Å². The van der Waals surface area contributed by atoms with Gasteiger partial charge in [0.2, 0.25) is 0 Å². The van der Waals surface area contributed by atoms with Crippen LogP contribution in [0.4, 0.5) is 0 Å². The predicted molar refractivity (Wildman–Crippen MR) is 143 cm³/mol. The lowest BCUT2D eigenvalue weighted by Crippen LogP contribution is -1.86. The summed E-state index contributed by atoms with van der Waals surface area (Å²) in [5.74, 6) is 1.96. The monoisotopic (exact) mass is 418 g/mol. The third-order valence-corrected chi connectivity index (χ3v) is 5.16. The molecular weight excluding hydrogens is 372 g/mol. The molecule has 0 spiro atoms. The summed E-state index contributed by atoms with van der Waals surface area (Å²) in [7, 11) is 0. The van der Waals surface area contributed by atoms with Crippen molar-refractivity contribution in [2.24, 2.45) is 0 Å². The number of benzene rings is 3. The van der Waals surface area contributed by atoms with Gasteiger partial charge in [0.1, 0.15) is 0 Å². The van der Waals surface area contributed by atoms with E-state index >= 15 is 0 Å². The lowest BCUT2D eigenvalue weighted by atomic mass is 10.0. The maximum Gasteiger partial charge on any atom is -0.0219 e. The molecule has 0 atom stereocenters. The Morgan fingerprint density at radius 3 is 1.03 bits per heavy atom. The van der Waals surface area contributed by atoms with Gasteiger partial charge in [0.05, 0.1) is 0 Å². The van der Waals surface area contributed by atoms with Gasteiger partial charge in [-0.25, -0.2) is 0 Å². The van der Waals surface area contributed by atoms with Gasteiger partial charge in [-0.15, -0.1) is 0 Å². The maximum absolute atomic E-state index is 2.24. The molecule has 0 heteroatoms. The van der Waals surface area contributed by atoms with Crippen LogP contribution >= 0.6 is 0 Å². The SMILES string of the molecule is C.Cc1ccc(C(C)C)cc1.Cc1cccc(C(C)C)c1.Cc1cccc(C(C)C)c1. The zero-order valence-corrected chi connectivity index (χ0v) is 20.7. The van der Waals surface area contributed by atoms with Gasteiger partial charge in [-0.1, -0.05) is 138 Å². The quantitative estimate of drug-likeness (QED) is 0.397. The second-order valence-electron chi connectivity index (χ2n) is 9.20. The normalized spacial score (nSPS) is 10.1. The highest BCUT2D eigenvalue weighted by atomic mass is 14.0. The standard InChI is InChI=1S/3C10H14.CH4/c1-8(2)10-6-4-9(3)5-7-10;2*1-8(2)10-6-4-5-9(3)7-10;/h3*4-8H,1-3H3;1H4. The first-order chi connectivity index (χ1) is 14.1. The molecule has 0 fully saturated rings. The molecule has 0 N–H and O–H groups in total. The Hall–Kier alpha value is -2.34. The Morgan fingerprint density at radius 2 is 0.774 bits per heavy atom. The minimum Gasteiger partial charge on any atom is -0.0776 e. The predicted octanol–water partition coefficient (Wildman–Crippen LogP) is 9.99. The summed E-state index contributed by atoms with van der Waals surface area (Å²) in [4.78, 5) is 0. The molecule has 31 heavy (non-hydrogen) atoms. The van der Waals surface area contributed by atoms with Gasteiger partial charge in [-0.2, -0.15) is 0 Å². The van der Waals surface area contributed by atoms with E-state index in [2.05, 4.69) is 135 Å². The van der Waals surface area contributed by atoms with Crippen molar-refractivity contribution in [1.29, 1.82) is 0 Å². The minimum atomic E-state index is 0. The molecule has 0 aliphatic heterocycles. The summed E-state index contributed by atoms with van der Waals surface area (Å²) >= 11 is 0. The van der Waals surface area contributed by atoms with Gasteiger partial charge in [0.25, 0.3) is 0 Å². The van der Waals surface area contributed by atoms with E-state index in [4.69, 9.17) is 0 Å². The van der Waals surface area contributed by atoms with E-state index in [0.717, 1.165) is 0 Å². The van der Waals surface area contributed by atoms with Crippen molar-refractivity contribution in [3.8, 4) is 0 Å². The second-order valence-corrected chi connectivity index (χ2v) is 9.20. The molecule has 0 aromatic heterocycles. The summed E-state index contributed by atoms with van der Waals surface area (Å²) in [5, 5.41) is 0. The van der Waals surface area contributed by atoms with E-state index < -0.39 is 0 Å². The highest BCUT2D eigenvalue weighted by Gasteiger charge is 1.97. The molecule has 0 radical (unpaired) electrons. The zero-order valence-electron chi connectivity index (χ0n) is 20.7. The Morgan fingerprint density at radius 1 is 0.419 bits per heavy atom. The molecule has 0 aliphatic rings. The smallest absolute Gasteiger partial charge is 0.0219 e. The van der Waals surface area contributed by atoms with Gasteiger partial charge < -0.3 is 0 Å². The summed E-state index contributed by atoms with van der Waals surface area (Å²) in [6, 6.07) is 26.0. The largest absolute Gasteiger partial charge is 0.0776 e. The third-order valence-electron chi connectivity index (χ3n) is 5.16. The van der Waals surface area contributed by atoms with Crippen molar-refractivity contribution in [3.63, 3.8) is 0 Å². The zero-order chi connectivity index (χ0) is 22.7. The highest BCUT2D eigenvalue weighted by molar-refractivity contribution is 5.25. The average molecular weight is 419 g/mol. The van der Waals surface area contributed by atoms with Crippen LogP contribution in [-0.4, -0.2) is 0 Å². The van der Waals surface area contributed by atoms with Gasteiger partial charge in [0, 0.05) is 0 Å². The molecular formula is C31H46. The van der Waals surface area contributed by atoms with Gasteiger partial charge in [-0.05, 0) is 55.2 Å². The fraction of sp³-hybridized carbons (Fsp3) is 0.419. The first-order valence-corrected chi connectivity index (χ1v) is 11.3. The van der Waals surface area contributed by atoms with Crippen LogP contribution in [-0.2, 0) is 0 Å². The molecule has 0 amide bonds. The minimum absolute atomic E-state index is 0. The summed E-state index contributed by atoms with van der Waals surface area (Å²) in [6.07, 6.45) is 0. The first-order valence-electron chi connectivity index (χ1n) is 11.3. The number of hydrogen-bond acceptors (Lipinski definition) is 0. The molecule has 170 valence electrons. The van der Waals surface area contributed by atoms with Crippen molar-refractivity contribution in [3.05, 3.63) is 106 Å². The van der Waals surface area contributed by atoms with Crippen LogP contribution < -0.4 is 0 Å².